The summed E-state index contributed by atoms with van der Waals surface area (Å²) < 4.78 is 27.8. The van der Waals surface area contributed by atoms with E-state index in [0.29, 0.717) is 17.1 Å². The van der Waals surface area contributed by atoms with Crippen molar-refractivity contribution >= 4 is 31.9 Å². The molecule has 94 valence electrons. The fraction of sp³-hybridized carbons (Fsp3) is 0.500. The van der Waals surface area contributed by atoms with Gasteiger partial charge in [-0.15, -0.1) is 0 Å². The van der Waals surface area contributed by atoms with E-state index in [1.165, 1.54) is 12.1 Å². The first kappa shape index (κ1) is 13.4. The van der Waals surface area contributed by atoms with Crippen molar-refractivity contribution in [1.82, 2.24) is 4.90 Å². The molecule has 2 rings (SSSR count). The van der Waals surface area contributed by atoms with Gasteiger partial charge in [0.25, 0.3) is 0 Å². The summed E-state index contributed by atoms with van der Waals surface area (Å²) in [5, 5.41) is 0.851. The predicted octanol–water partition coefficient (Wildman–Crippen LogP) is 4.09. The Morgan fingerprint density at radius 2 is 2.12 bits per heavy atom. The number of likely N-dealkylation sites (tertiary alicyclic amines) is 1. The number of benzene rings is 1. The van der Waals surface area contributed by atoms with Crippen LogP contribution in [0.1, 0.15) is 18.4 Å². The number of nitrogens with zero attached hydrogens (tertiary/aromatic N) is 1. The molecule has 1 saturated heterocycles. The van der Waals surface area contributed by atoms with Gasteiger partial charge >= 0.3 is 0 Å². The fourth-order valence-electron chi connectivity index (χ4n) is 2.20. The Labute approximate surface area is 116 Å². The highest BCUT2D eigenvalue weighted by molar-refractivity contribution is 9.10. The molecule has 0 amide bonds. The van der Waals surface area contributed by atoms with E-state index >= 15 is 0 Å². The van der Waals surface area contributed by atoms with Gasteiger partial charge in [-0.05, 0) is 47.4 Å². The van der Waals surface area contributed by atoms with Gasteiger partial charge in [-0.3, -0.25) is 4.90 Å². The first-order valence-corrected chi connectivity index (χ1v) is 7.47. The van der Waals surface area contributed by atoms with Gasteiger partial charge in [0.2, 0.25) is 0 Å². The molecule has 0 N–H and O–H groups in total. The lowest BCUT2D eigenvalue weighted by molar-refractivity contribution is 0.256. The van der Waals surface area contributed by atoms with Crippen LogP contribution in [-0.2, 0) is 6.54 Å². The summed E-state index contributed by atoms with van der Waals surface area (Å²) >= 11 is 6.54. The van der Waals surface area contributed by atoms with Crippen LogP contribution in [0.4, 0.5) is 8.78 Å². The zero-order valence-electron chi connectivity index (χ0n) is 9.23. The molecular formula is C12H13Br2F2N. The highest BCUT2D eigenvalue weighted by Crippen LogP contribution is 2.26. The van der Waals surface area contributed by atoms with Crippen molar-refractivity contribution in [3.05, 3.63) is 33.8 Å². The van der Waals surface area contributed by atoms with E-state index in [2.05, 4.69) is 36.8 Å². The zero-order chi connectivity index (χ0) is 12.4. The quantitative estimate of drug-likeness (QED) is 0.573. The largest absolute Gasteiger partial charge is 0.295 e. The number of rotatable bonds is 3. The van der Waals surface area contributed by atoms with Crippen molar-refractivity contribution < 1.29 is 8.78 Å². The molecule has 0 aliphatic carbocycles. The van der Waals surface area contributed by atoms with Crippen LogP contribution in [0.25, 0.3) is 0 Å². The van der Waals surface area contributed by atoms with Crippen molar-refractivity contribution in [1.29, 1.82) is 0 Å². The van der Waals surface area contributed by atoms with Crippen LogP contribution in [0.15, 0.2) is 16.6 Å². The Morgan fingerprint density at radius 1 is 1.35 bits per heavy atom. The first-order valence-electron chi connectivity index (χ1n) is 5.56. The van der Waals surface area contributed by atoms with Crippen LogP contribution >= 0.6 is 31.9 Å². The molecule has 0 radical (unpaired) electrons. The molecule has 1 nitrogen and oxygen atoms in total. The Kier molecular flexibility index (Phi) is 4.55. The summed E-state index contributed by atoms with van der Waals surface area (Å²) in [6.07, 6.45) is 2.18. The van der Waals surface area contributed by atoms with E-state index in [-0.39, 0.29) is 5.56 Å². The minimum atomic E-state index is -0.481. The second-order valence-electron chi connectivity index (χ2n) is 4.24. The third-order valence-electron chi connectivity index (χ3n) is 3.18. The maximum Gasteiger partial charge on any atom is 0.144 e. The van der Waals surface area contributed by atoms with E-state index < -0.39 is 11.6 Å². The van der Waals surface area contributed by atoms with Crippen molar-refractivity contribution in [2.75, 3.05) is 11.9 Å². The topological polar surface area (TPSA) is 3.24 Å². The maximum atomic E-state index is 13.8. The smallest absolute Gasteiger partial charge is 0.144 e. The van der Waals surface area contributed by atoms with E-state index in [1.807, 2.05) is 0 Å². The highest BCUT2D eigenvalue weighted by atomic mass is 79.9. The lowest BCUT2D eigenvalue weighted by Gasteiger charge is -2.23. The van der Waals surface area contributed by atoms with Crippen LogP contribution in [0.5, 0.6) is 0 Å². The molecule has 5 heteroatoms. The average Bonchev–Trinajstić information content (AvgIpc) is 2.77. The standard InChI is InChI=1S/C12H13Br2F2N/c13-6-8-2-1-5-17(8)7-9-11(15)4-3-10(14)12(9)16/h3-4,8H,1-2,5-7H2. The molecule has 1 aromatic carbocycles. The summed E-state index contributed by atoms with van der Waals surface area (Å²) in [5.41, 5.74) is 0.159. The molecule has 1 fully saturated rings. The molecule has 1 aliphatic heterocycles. The van der Waals surface area contributed by atoms with Crippen molar-refractivity contribution in [3.63, 3.8) is 0 Å². The molecule has 0 spiro atoms. The van der Waals surface area contributed by atoms with E-state index in [0.717, 1.165) is 24.7 Å². The zero-order valence-corrected chi connectivity index (χ0v) is 12.4. The summed E-state index contributed by atoms with van der Waals surface area (Å²) in [7, 11) is 0. The van der Waals surface area contributed by atoms with Gasteiger partial charge in [-0.2, -0.15) is 0 Å². The summed E-state index contributed by atoms with van der Waals surface area (Å²) in [6, 6.07) is 3.09. The van der Waals surface area contributed by atoms with E-state index in [4.69, 9.17) is 0 Å². The van der Waals surface area contributed by atoms with Crippen LogP contribution in [0.3, 0.4) is 0 Å². The van der Waals surface area contributed by atoms with E-state index in [9.17, 15) is 8.78 Å². The third-order valence-corrected chi connectivity index (χ3v) is 4.54. The number of alkyl halides is 1. The fourth-order valence-corrected chi connectivity index (χ4v) is 3.30. The molecular weight excluding hydrogens is 356 g/mol. The lowest BCUT2D eigenvalue weighted by atomic mass is 10.1. The minimum Gasteiger partial charge on any atom is -0.295 e. The van der Waals surface area contributed by atoms with Gasteiger partial charge in [-0.1, -0.05) is 15.9 Å². The van der Waals surface area contributed by atoms with Crippen molar-refractivity contribution in [2.45, 2.75) is 25.4 Å². The Morgan fingerprint density at radius 3 is 2.82 bits per heavy atom. The van der Waals surface area contributed by atoms with Crippen molar-refractivity contribution in [3.8, 4) is 0 Å². The normalized spacial score (nSPS) is 21.1. The van der Waals surface area contributed by atoms with Crippen LogP contribution < -0.4 is 0 Å². The van der Waals surface area contributed by atoms with Crippen LogP contribution in [0.2, 0.25) is 0 Å². The molecule has 1 atom stereocenters. The minimum absolute atomic E-state index is 0.159. The van der Waals surface area contributed by atoms with Crippen LogP contribution in [0, 0.1) is 11.6 Å². The molecule has 0 bridgehead atoms. The number of halogens is 4. The van der Waals surface area contributed by atoms with Gasteiger partial charge in [0, 0.05) is 23.5 Å². The molecule has 17 heavy (non-hydrogen) atoms. The Balaban J connectivity index is 2.21. The Bertz CT molecular complexity index is 412. The monoisotopic (exact) mass is 367 g/mol. The Hall–Kier alpha value is -0.000000000000000111. The molecule has 0 aromatic heterocycles. The van der Waals surface area contributed by atoms with Crippen LogP contribution in [-0.4, -0.2) is 22.8 Å². The van der Waals surface area contributed by atoms with Gasteiger partial charge in [0.15, 0.2) is 0 Å². The molecule has 1 unspecified atom stereocenters. The van der Waals surface area contributed by atoms with Gasteiger partial charge in [0.1, 0.15) is 11.6 Å². The van der Waals surface area contributed by atoms with Crippen molar-refractivity contribution in [2.24, 2.45) is 0 Å². The van der Waals surface area contributed by atoms with E-state index in [1.54, 1.807) is 0 Å². The average molecular weight is 369 g/mol. The second kappa shape index (κ2) is 5.76. The second-order valence-corrected chi connectivity index (χ2v) is 5.74. The van der Waals surface area contributed by atoms with Gasteiger partial charge < -0.3 is 0 Å². The maximum absolute atomic E-state index is 13.8. The third kappa shape index (κ3) is 2.88. The van der Waals surface area contributed by atoms with Gasteiger partial charge in [0.05, 0.1) is 4.47 Å². The first-order chi connectivity index (χ1) is 8.13. The highest BCUT2D eigenvalue weighted by Gasteiger charge is 2.25. The SMILES string of the molecule is Fc1ccc(Br)c(F)c1CN1CCCC1CBr. The molecule has 0 saturated carbocycles. The molecule has 1 heterocycles. The lowest BCUT2D eigenvalue weighted by Crippen LogP contribution is -2.30. The number of hydrogen-bond acceptors (Lipinski definition) is 1. The molecule has 1 aromatic rings. The van der Waals surface area contributed by atoms with Gasteiger partial charge in [-0.25, -0.2) is 8.78 Å². The summed E-state index contributed by atoms with van der Waals surface area (Å²) in [5.74, 6) is -0.948. The summed E-state index contributed by atoms with van der Waals surface area (Å²) in [4.78, 5) is 2.13. The molecule has 1 aliphatic rings. The summed E-state index contributed by atoms with van der Waals surface area (Å²) in [6.45, 7) is 1.25. The number of hydrogen-bond donors (Lipinski definition) is 0. The predicted molar refractivity (Wildman–Crippen MR) is 71.3 cm³/mol.